The Morgan fingerprint density at radius 3 is 2.92 bits per heavy atom. The fourth-order valence-electron chi connectivity index (χ4n) is 3.74. The van der Waals surface area contributed by atoms with Gasteiger partial charge in [0.1, 0.15) is 11.3 Å². The van der Waals surface area contributed by atoms with Crippen molar-refractivity contribution >= 4 is 11.1 Å². The molecule has 2 aromatic carbocycles. The maximum Gasteiger partial charge on any atom is 0.199 e. The number of rotatable bonds is 4. The van der Waals surface area contributed by atoms with Gasteiger partial charge in [0.2, 0.25) is 0 Å². The van der Waals surface area contributed by atoms with Crippen LogP contribution in [0.4, 0.5) is 0 Å². The standard InChI is InChI=1S/C21H24N2O2/c1-15(16-7-5-9-18(13-16)24-2)23-12-6-8-17(14-23)21-22-19-10-3-4-11-20(19)25-21/h3-5,7,9-11,13,15,17H,6,8,12,14H2,1-2H3. The molecule has 1 fully saturated rings. The molecule has 2 unspecified atom stereocenters. The van der Waals surface area contributed by atoms with Crippen LogP contribution in [0.25, 0.3) is 11.1 Å². The van der Waals surface area contributed by atoms with Gasteiger partial charge in [-0.1, -0.05) is 24.3 Å². The average Bonchev–Trinajstić information content (AvgIpc) is 3.12. The highest BCUT2D eigenvalue weighted by Crippen LogP contribution is 2.33. The molecule has 0 spiro atoms. The second-order valence-corrected chi connectivity index (χ2v) is 6.81. The molecule has 2 atom stereocenters. The molecule has 25 heavy (non-hydrogen) atoms. The molecule has 0 bridgehead atoms. The molecule has 1 aliphatic rings. The van der Waals surface area contributed by atoms with Crippen molar-refractivity contribution in [2.45, 2.75) is 31.7 Å². The lowest BCUT2D eigenvalue weighted by Gasteiger charge is -2.36. The summed E-state index contributed by atoms with van der Waals surface area (Å²) in [4.78, 5) is 7.24. The molecule has 4 nitrogen and oxygen atoms in total. The molecule has 1 saturated heterocycles. The molecule has 1 aliphatic heterocycles. The van der Waals surface area contributed by atoms with Crippen LogP contribution >= 0.6 is 0 Å². The number of hydrogen-bond acceptors (Lipinski definition) is 4. The van der Waals surface area contributed by atoms with E-state index in [1.165, 1.54) is 5.56 Å². The van der Waals surface area contributed by atoms with Crippen LogP contribution in [0, 0.1) is 0 Å². The molecular formula is C21H24N2O2. The third-order valence-electron chi connectivity index (χ3n) is 5.24. The van der Waals surface area contributed by atoms with E-state index in [1.807, 2.05) is 30.3 Å². The average molecular weight is 336 g/mol. The second-order valence-electron chi connectivity index (χ2n) is 6.81. The van der Waals surface area contributed by atoms with E-state index in [0.29, 0.717) is 12.0 Å². The summed E-state index contributed by atoms with van der Waals surface area (Å²) in [6.45, 7) is 4.35. The first-order valence-corrected chi connectivity index (χ1v) is 8.98. The number of piperidine rings is 1. The number of nitrogens with zero attached hydrogens (tertiary/aromatic N) is 2. The number of likely N-dealkylation sites (tertiary alicyclic amines) is 1. The molecule has 0 N–H and O–H groups in total. The van der Waals surface area contributed by atoms with Gasteiger partial charge in [0.25, 0.3) is 0 Å². The van der Waals surface area contributed by atoms with E-state index < -0.39 is 0 Å². The van der Waals surface area contributed by atoms with Crippen molar-refractivity contribution < 1.29 is 9.15 Å². The van der Waals surface area contributed by atoms with E-state index in [1.54, 1.807) is 7.11 Å². The van der Waals surface area contributed by atoms with Crippen LogP contribution in [0.5, 0.6) is 5.75 Å². The van der Waals surface area contributed by atoms with E-state index >= 15 is 0 Å². The Morgan fingerprint density at radius 1 is 1.20 bits per heavy atom. The minimum absolute atomic E-state index is 0.349. The summed E-state index contributed by atoms with van der Waals surface area (Å²) in [5.74, 6) is 2.15. The zero-order chi connectivity index (χ0) is 17.2. The summed E-state index contributed by atoms with van der Waals surface area (Å²) in [6.07, 6.45) is 2.30. The van der Waals surface area contributed by atoms with Gasteiger partial charge in [-0.05, 0) is 56.1 Å². The highest BCUT2D eigenvalue weighted by Gasteiger charge is 2.28. The van der Waals surface area contributed by atoms with Gasteiger partial charge in [0.05, 0.1) is 7.11 Å². The van der Waals surface area contributed by atoms with Crippen LogP contribution in [0.15, 0.2) is 52.9 Å². The van der Waals surface area contributed by atoms with Gasteiger partial charge < -0.3 is 9.15 Å². The van der Waals surface area contributed by atoms with Crippen molar-refractivity contribution in [2.24, 2.45) is 0 Å². The normalized spacial score (nSPS) is 19.8. The Morgan fingerprint density at radius 2 is 2.08 bits per heavy atom. The van der Waals surface area contributed by atoms with Crippen molar-refractivity contribution in [1.82, 2.24) is 9.88 Å². The Labute approximate surface area is 148 Å². The lowest BCUT2D eigenvalue weighted by atomic mass is 9.95. The molecule has 4 rings (SSSR count). The quantitative estimate of drug-likeness (QED) is 0.687. The van der Waals surface area contributed by atoms with Gasteiger partial charge in [-0.3, -0.25) is 4.90 Å². The molecule has 0 amide bonds. The molecule has 2 heterocycles. The maximum atomic E-state index is 6.02. The van der Waals surface area contributed by atoms with Crippen LogP contribution in [0.1, 0.15) is 43.2 Å². The first-order valence-electron chi connectivity index (χ1n) is 8.98. The molecule has 0 radical (unpaired) electrons. The maximum absolute atomic E-state index is 6.02. The summed E-state index contributed by atoms with van der Waals surface area (Å²) >= 11 is 0. The summed E-state index contributed by atoms with van der Waals surface area (Å²) in [5, 5.41) is 0. The first-order chi connectivity index (χ1) is 12.2. The van der Waals surface area contributed by atoms with Crippen LogP contribution in [0.3, 0.4) is 0 Å². The Kier molecular flexibility index (Phi) is 4.45. The molecule has 0 saturated carbocycles. The van der Waals surface area contributed by atoms with Crippen LogP contribution in [0.2, 0.25) is 0 Å². The monoisotopic (exact) mass is 336 g/mol. The smallest absolute Gasteiger partial charge is 0.199 e. The lowest BCUT2D eigenvalue weighted by Crippen LogP contribution is -2.36. The number of fused-ring (bicyclic) bond motifs is 1. The molecule has 130 valence electrons. The summed E-state index contributed by atoms with van der Waals surface area (Å²) in [7, 11) is 1.72. The second kappa shape index (κ2) is 6.89. The van der Waals surface area contributed by atoms with E-state index in [4.69, 9.17) is 14.1 Å². The van der Waals surface area contributed by atoms with Gasteiger partial charge in [0.15, 0.2) is 11.5 Å². The van der Waals surface area contributed by atoms with Crippen molar-refractivity contribution in [3.63, 3.8) is 0 Å². The molecule has 3 aromatic rings. The van der Waals surface area contributed by atoms with Gasteiger partial charge in [-0.25, -0.2) is 4.98 Å². The predicted octanol–water partition coefficient (Wildman–Crippen LogP) is 4.78. The van der Waals surface area contributed by atoms with Crippen LogP contribution in [-0.2, 0) is 0 Å². The first kappa shape index (κ1) is 16.2. The Hall–Kier alpha value is -2.33. The highest BCUT2D eigenvalue weighted by atomic mass is 16.5. The number of para-hydroxylation sites is 2. The topological polar surface area (TPSA) is 38.5 Å². The number of ether oxygens (including phenoxy) is 1. The number of aromatic nitrogens is 1. The van der Waals surface area contributed by atoms with E-state index in [2.05, 4.69) is 30.0 Å². The van der Waals surface area contributed by atoms with Crippen molar-refractivity contribution in [2.75, 3.05) is 20.2 Å². The fourth-order valence-corrected chi connectivity index (χ4v) is 3.74. The Balaban J connectivity index is 1.53. The van der Waals surface area contributed by atoms with E-state index in [9.17, 15) is 0 Å². The summed E-state index contributed by atoms with van der Waals surface area (Å²) in [6, 6.07) is 16.7. The molecule has 4 heteroatoms. The van der Waals surface area contributed by atoms with Gasteiger partial charge >= 0.3 is 0 Å². The fraction of sp³-hybridized carbons (Fsp3) is 0.381. The number of methoxy groups -OCH3 is 1. The minimum Gasteiger partial charge on any atom is -0.497 e. The highest BCUT2D eigenvalue weighted by molar-refractivity contribution is 5.72. The number of hydrogen-bond donors (Lipinski definition) is 0. The summed E-state index contributed by atoms with van der Waals surface area (Å²) in [5.41, 5.74) is 3.13. The number of benzene rings is 2. The van der Waals surface area contributed by atoms with Gasteiger partial charge in [-0.15, -0.1) is 0 Å². The van der Waals surface area contributed by atoms with Crippen molar-refractivity contribution in [1.29, 1.82) is 0 Å². The SMILES string of the molecule is COc1cccc(C(C)N2CCCC(c3nc4ccccc4o3)C2)c1. The zero-order valence-corrected chi connectivity index (χ0v) is 14.8. The molecule has 0 aliphatic carbocycles. The summed E-state index contributed by atoms with van der Waals surface area (Å²) < 4.78 is 11.4. The van der Waals surface area contributed by atoms with Gasteiger partial charge in [-0.2, -0.15) is 0 Å². The minimum atomic E-state index is 0.349. The largest absolute Gasteiger partial charge is 0.497 e. The zero-order valence-electron chi connectivity index (χ0n) is 14.8. The van der Waals surface area contributed by atoms with E-state index in [-0.39, 0.29) is 0 Å². The predicted molar refractivity (Wildman–Crippen MR) is 99.0 cm³/mol. The van der Waals surface area contributed by atoms with Crippen LogP contribution < -0.4 is 4.74 Å². The third kappa shape index (κ3) is 3.27. The number of oxazole rings is 1. The van der Waals surface area contributed by atoms with Crippen molar-refractivity contribution in [3.8, 4) is 5.75 Å². The third-order valence-corrected chi connectivity index (χ3v) is 5.24. The molecular weight excluding hydrogens is 312 g/mol. The lowest BCUT2D eigenvalue weighted by molar-refractivity contribution is 0.149. The Bertz CT molecular complexity index is 825. The molecule has 1 aromatic heterocycles. The van der Waals surface area contributed by atoms with Gasteiger partial charge in [0, 0.05) is 18.5 Å². The van der Waals surface area contributed by atoms with Crippen LogP contribution in [-0.4, -0.2) is 30.1 Å². The van der Waals surface area contributed by atoms with E-state index in [0.717, 1.165) is 48.7 Å². The van der Waals surface area contributed by atoms with Crippen molar-refractivity contribution in [3.05, 3.63) is 60.0 Å².